The van der Waals surface area contributed by atoms with Gasteiger partial charge in [0.15, 0.2) is 0 Å². The summed E-state index contributed by atoms with van der Waals surface area (Å²) in [6.07, 6.45) is -0.674. The number of hydrogen-bond acceptors (Lipinski definition) is 6. The molecule has 0 aliphatic carbocycles. The van der Waals surface area contributed by atoms with E-state index in [4.69, 9.17) is 70.1 Å². The van der Waals surface area contributed by atoms with Gasteiger partial charge in [-0.05, 0) is 79.4 Å². The fraction of sp³-hybridized carbons (Fsp3) is 0.375. The zero-order chi connectivity index (χ0) is 36.4. The van der Waals surface area contributed by atoms with Crippen LogP contribution in [-0.2, 0) is 38.8 Å². The van der Waals surface area contributed by atoms with E-state index in [-0.39, 0.29) is 32.2 Å². The van der Waals surface area contributed by atoms with Gasteiger partial charge < -0.3 is 28.6 Å². The van der Waals surface area contributed by atoms with Crippen LogP contribution in [-0.4, -0.2) is 55.1 Å². The van der Waals surface area contributed by atoms with Crippen LogP contribution in [0.4, 0.5) is 4.79 Å². The monoisotopic (exact) mass is 773 g/mol. The Morgan fingerprint density at radius 2 is 1.29 bits per heavy atom. The van der Waals surface area contributed by atoms with Gasteiger partial charge in [0.2, 0.25) is 0 Å². The number of carbonyl (C=O) groups excluding carboxylic acids is 1. The van der Waals surface area contributed by atoms with Gasteiger partial charge in [0.05, 0.1) is 58.3 Å². The normalized spacial score (nSPS) is 17.7. The number of carbonyl (C=O) groups is 1. The third kappa shape index (κ3) is 12.0. The zero-order valence-corrected chi connectivity index (χ0v) is 32.0. The van der Waals surface area contributed by atoms with Gasteiger partial charge in [0.25, 0.3) is 0 Å². The first-order valence-electron chi connectivity index (χ1n) is 16.9. The smallest absolute Gasteiger partial charge is 0.410 e. The van der Waals surface area contributed by atoms with Crippen molar-refractivity contribution in [3.8, 4) is 5.75 Å². The third-order valence-electron chi connectivity index (χ3n) is 8.27. The Hall–Kier alpha value is -3.01. The Balaban J connectivity index is 1.34. The lowest BCUT2D eigenvalue weighted by Gasteiger charge is -2.43. The van der Waals surface area contributed by atoms with Gasteiger partial charge in [0.1, 0.15) is 11.4 Å². The zero-order valence-electron chi connectivity index (χ0n) is 29.0. The van der Waals surface area contributed by atoms with Crippen molar-refractivity contribution in [3.63, 3.8) is 0 Å². The average Bonchev–Trinajstić information content (AvgIpc) is 3.09. The number of rotatable bonds is 14. The van der Waals surface area contributed by atoms with Crippen molar-refractivity contribution in [3.05, 3.63) is 133 Å². The van der Waals surface area contributed by atoms with E-state index in [1.807, 2.05) is 87.5 Å². The largest absolute Gasteiger partial charge is 0.494 e. The molecule has 1 heterocycles. The first-order chi connectivity index (χ1) is 24.4. The van der Waals surface area contributed by atoms with E-state index in [1.54, 1.807) is 29.2 Å². The van der Waals surface area contributed by atoms with Crippen LogP contribution < -0.4 is 4.74 Å². The summed E-state index contributed by atoms with van der Waals surface area (Å²) in [6, 6.07) is 28.6. The molecule has 0 spiro atoms. The van der Waals surface area contributed by atoms with Crippen LogP contribution in [0, 0.1) is 0 Å². The Bertz CT molecular complexity index is 1650. The van der Waals surface area contributed by atoms with E-state index in [9.17, 15) is 4.79 Å². The molecule has 0 saturated carbocycles. The number of ether oxygens (including phenoxy) is 5. The summed E-state index contributed by atoms with van der Waals surface area (Å²) in [7, 11) is 0. The minimum atomic E-state index is -0.682. The van der Waals surface area contributed by atoms with Gasteiger partial charge in [-0.2, -0.15) is 0 Å². The molecule has 1 aliphatic heterocycles. The summed E-state index contributed by atoms with van der Waals surface area (Å²) in [5.74, 6) is 0.463. The minimum Gasteiger partial charge on any atom is -0.494 e. The molecule has 5 rings (SSSR count). The van der Waals surface area contributed by atoms with E-state index in [2.05, 4.69) is 0 Å². The number of likely N-dealkylation sites (tertiary alicyclic amines) is 1. The molecule has 272 valence electrons. The summed E-state index contributed by atoms with van der Waals surface area (Å²) in [6.45, 7) is 8.14. The maximum Gasteiger partial charge on any atom is 0.410 e. The Kier molecular flexibility index (Phi) is 14.3. The van der Waals surface area contributed by atoms with Crippen LogP contribution >= 0.6 is 46.4 Å². The number of halogens is 4. The molecular formula is C40H43Cl4NO6. The van der Waals surface area contributed by atoms with E-state index in [0.717, 1.165) is 34.4 Å². The van der Waals surface area contributed by atoms with Crippen molar-refractivity contribution < 1.29 is 28.5 Å². The van der Waals surface area contributed by atoms with E-state index in [1.165, 1.54) is 0 Å². The molecule has 0 aromatic heterocycles. The lowest BCUT2D eigenvalue weighted by Crippen LogP contribution is -2.55. The van der Waals surface area contributed by atoms with Crippen LogP contribution in [0.15, 0.2) is 91.0 Å². The maximum absolute atomic E-state index is 13.5. The second-order valence-electron chi connectivity index (χ2n) is 13.4. The molecule has 1 fully saturated rings. The van der Waals surface area contributed by atoms with Crippen LogP contribution in [0.25, 0.3) is 0 Å². The Morgan fingerprint density at radius 3 is 1.82 bits per heavy atom. The van der Waals surface area contributed by atoms with E-state index >= 15 is 0 Å². The minimum absolute atomic E-state index is 0.197. The highest BCUT2D eigenvalue weighted by Gasteiger charge is 2.42. The lowest BCUT2D eigenvalue weighted by molar-refractivity contribution is -0.1000. The highest BCUT2D eigenvalue weighted by atomic mass is 35.5. The van der Waals surface area contributed by atoms with Crippen LogP contribution in [0.5, 0.6) is 5.75 Å². The van der Waals surface area contributed by atoms with Crippen molar-refractivity contribution in [2.75, 3.05) is 26.3 Å². The fourth-order valence-electron chi connectivity index (χ4n) is 5.77. The fourth-order valence-corrected chi connectivity index (χ4v) is 6.69. The van der Waals surface area contributed by atoms with Gasteiger partial charge in [-0.15, -0.1) is 0 Å². The molecule has 0 bridgehead atoms. The number of hydrogen-bond donors (Lipinski definition) is 0. The molecule has 0 radical (unpaired) electrons. The van der Waals surface area contributed by atoms with Crippen LogP contribution in [0.2, 0.25) is 20.1 Å². The molecule has 1 amide bonds. The molecule has 2 atom stereocenters. The standard InChI is InChI=1S/C40H43Cl4NO6/c1-40(2,3)51-39(46)45-22-36(49-25-29-10-14-31(41)20-34(29)43)38(37(23-45)50-26-30-11-15-32(42)21-35(30)44)28-12-16-33(17-13-28)48-19-7-18-47-24-27-8-5-4-6-9-27/h4-6,8-17,20-21,36-38H,7,18-19,22-26H2,1-3H3. The summed E-state index contributed by atoms with van der Waals surface area (Å²) in [5, 5.41) is 2.06. The molecule has 1 aliphatic rings. The molecular weight excluding hydrogens is 732 g/mol. The summed E-state index contributed by atoms with van der Waals surface area (Å²) >= 11 is 25.4. The molecule has 4 aromatic rings. The summed E-state index contributed by atoms with van der Waals surface area (Å²) < 4.78 is 30.8. The predicted molar refractivity (Wildman–Crippen MR) is 203 cm³/mol. The van der Waals surface area contributed by atoms with Crippen LogP contribution in [0.3, 0.4) is 0 Å². The van der Waals surface area contributed by atoms with E-state index < -0.39 is 23.9 Å². The molecule has 7 nitrogen and oxygen atoms in total. The van der Waals surface area contributed by atoms with Gasteiger partial charge in [-0.3, -0.25) is 0 Å². The molecule has 1 saturated heterocycles. The molecule has 11 heteroatoms. The molecule has 51 heavy (non-hydrogen) atoms. The quantitative estimate of drug-likeness (QED) is 0.119. The second kappa shape index (κ2) is 18.7. The topological polar surface area (TPSA) is 66.5 Å². The highest BCUT2D eigenvalue weighted by Crippen LogP contribution is 2.36. The van der Waals surface area contributed by atoms with Gasteiger partial charge in [-0.25, -0.2) is 4.79 Å². The molecule has 4 aromatic carbocycles. The number of piperidine rings is 1. The first kappa shape index (κ1) is 39.2. The number of benzene rings is 4. The maximum atomic E-state index is 13.5. The van der Waals surface area contributed by atoms with Crippen molar-refractivity contribution in [1.82, 2.24) is 4.90 Å². The average molecular weight is 776 g/mol. The lowest BCUT2D eigenvalue weighted by atomic mass is 9.84. The SMILES string of the molecule is CC(C)(C)OC(=O)N1CC(OCc2ccc(Cl)cc2Cl)C(c2ccc(OCCCOCc3ccccc3)cc2)C(OCc2ccc(Cl)cc2Cl)C1. The number of amides is 1. The van der Waals surface area contributed by atoms with Gasteiger partial charge in [0, 0.05) is 32.4 Å². The molecule has 0 N–H and O–H groups in total. The van der Waals surface area contributed by atoms with Gasteiger partial charge in [-0.1, -0.05) is 101 Å². The van der Waals surface area contributed by atoms with Crippen molar-refractivity contribution in [2.45, 2.75) is 70.7 Å². The summed E-state index contributed by atoms with van der Waals surface area (Å²) in [4.78, 5) is 15.1. The number of nitrogens with zero attached hydrogens (tertiary/aromatic N) is 1. The third-order valence-corrected chi connectivity index (χ3v) is 9.44. The van der Waals surface area contributed by atoms with E-state index in [0.29, 0.717) is 39.9 Å². The Labute approximate surface area is 320 Å². The van der Waals surface area contributed by atoms with Crippen molar-refractivity contribution in [2.24, 2.45) is 0 Å². The van der Waals surface area contributed by atoms with Gasteiger partial charge >= 0.3 is 6.09 Å². The highest BCUT2D eigenvalue weighted by molar-refractivity contribution is 6.35. The Morgan fingerprint density at radius 1 is 0.725 bits per heavy atom. The predicted octanol–water partition coefficient (Wildman–Crippen LogP) is 10.8. The van der Waals surface area contributed by atoms with Crippen molar-refractivity contribution >= 4 is 52.5 Å². The van der Waals surface area contributed by atoms with Crippen LogP contribution in [0.1, 0.15) is 55.4 Å². The van der Waals surface area contributed by atoms with Crippen molar-refractivity contribution in [1.29, 1.82) is 0 Å². The first-order valence-corrected chi connectivity index (χ1v) is 18.4. The molecule has 2 unspecified atom stereocenters. The summed E-state index contributed by atoms with van der Waals surface area (Å²) in [5.41, 5.74) is 2.98. The second-order valence-corrected chi connectivity index (χ2v) is 15.1.